The van der Waals surface area contributed by atoms with Gasteiger partial charge < -0.3 is 20.3 Å². The third kappa shape index (κ3) is 57.2. The van der Waals surface area contributed by atoms with E-state index in [1.165, 1.54) is 263 Å². The first-order valence-electron chi connectivity index (χ1n) is 31.8. The molecule has 6 heteroatoms. The molecule has 0 heterocycles. The van der Waals surface area contributed by atoms with Gasteiger partial charge in [-0.05, 0) is 57.8 Å². The summed E-state index contributed by atoms with van der Waals surface area (Å²) in [4.78, 5) is 24.5. The number of aliphatic hydroxyl groups excluding tert-OH is 2. The van der Waals surface area contributed by atoms with Crippen LogP contribution in [0.1, 0.15) is 341 Å². The molecule has 0 aromatic carbocycles. The van der Waals surface area contributed by atoms with E-state index in [-0.39, 0.29) is 18.5 Å². The van der Waals surface area contributed by atoms with Crippen molar-refractivity contribution >= 4 is 11.9 Å². The van der Waals surface area contributed by atoms with Gasteiger partial charge in [0.2, 0.25) is 5.91 Å². The van der Waals surface area contributed by atoms with Crippen LogP contribution in [0, 0.1) is 0 Å². The molecule has 0 rings (SSSR count). The number of hydrogen-bond acceptors (Lipinski definition) is 5. The van der Waals surface area contributed by atoms with Crippen LogP contribution in [0.3, 0.4) is 0 Å². The minimum Gasteiger partial charge on any atom is -0.466 e. The molecule has 2 unspecified atom stereocenters. The van der Waals surface area contributed by atoms with Crippen LogP contribution in [-0.4, -0.2) is 47.4 Å². The molecule has 0 aliphatic carbocycles. The zero-order chi connectivity index (χ0) is 51.4. The van der Waals surface area contributed by atoms with Gasteiger partial charge in [-0.15, -0.1) is 0 Å². The van der Waals surface area contributed by atoms with E-state index in [1.54, 1.807) is 6.08 Å². The number of unbranched alkanes of at least 4 members (excludes halogenated alkanes) is 44. The molecule has 0 bridgehead atoms. The highest BCUT2D eigenvalue weighted by atomic mass is 16.5. The number of nitrogens with one attached hydrogen (secondary N) is 1. The van der Waals surface area contributed by atoms with E-state index in [9.17, 15) is 19.8 Å². The number of rotatable bonds is 59. The Morgan fingerprint density at radius 2 is 0.718 bits per heavy atom. The molecule has 0 saturated carbocycles. The second-order valence-electron chi connectivity index (χ2n) is 21.7. The number of amides is 1. The minimum atomic E-state index is -0.840. The van der Waals surface area contributed by atoms with Crippen molar-refractivity contribution in [2.45, 2.75) is 353 Å². The van der Waals surface area contributed by atoms with E-state index in [4.69, 9.17) is 4.74 Å². The highest BCUT2D eigenvalue weighted by molar-refractivity contribution is 5.76. The summed E-state index contributed by atoms with van der Waals surface area (Å²) in [5.74, 6) is -0.0607. The molecule has 0 aliphatic rings. The number of esters is 1. The summed E-state index contributed by atoms with van der Waals surface area (Å²) in [6, 6.07) is -0.624. The maximum atomic E-state index is 12.4. The summed E-state index contributed by atoms with van der Waals surface area (Å²) in [5.41, 5.74) is 0. The monoisotopic (exact) mass is 998 g/mol. The molecule has 0 radical (unpaired) electrons. The Labute approximate surface area is 443 Å². The Hall–Kier alpha value is -1.92. The zero-order valence-electron chi connectivity index (χ0n) is 47.7. The maximum absolute atomic E-state index is 12.4. The number of ether oxygens (including phenoxy) is 1. The number of carbonyl (C=O) groups excluding carboxylic acids is 2. The van der Waals surface area contributed by atoms with Crippen molar-refractivity contribution in [1.29, 1.82) is 0 Å². The van der Waals surface area contributed by atoms with Crippen LogP contribution in [-0.2, 0) is 14.3 Å². The SMILES string of the molecule is CCCC/C=C\C/C=C\CCCCCCCC(=O)OCCCCCCCCCCCCCCCCCCCCCCCCCCCCCCCC(=O)NC(CO)C(O)/C=C/CCCCCCCCCCC. The van der Waals surface area contributed by atoms with Gasteiger partial charge in [-0.1, -0.05) is 307 Å². The molecule has 0 aliphatic heterocycles. The van der Waals surface area contributed by atoms with Crippen LogP contribution >= 0.6 is 0 Å². The molecular formula is C65H123NO5. The maximum Gasteiger partial charge on any atom is 0.305 e. The van der Waals surface area contributed by atoms with Crippen molar-refractivity contribution in [3.05, 3.63) is 36.5 Å². The largest absolute Gasteiger partial charge is 0.466 e. The lowest BCUT2D eigenvalue weighted by molar-refractivity contribution is -0.143. The van der Waals surface area contributed by atoms with E-state index in [0.717, 1.165) is 51.4 Å². The summed E-state index contributed by atoms with van der Waals surface area (Å²) >= 11 is 0. The summed E-state index contributed by atoms with van der Waals surface area (Å²) in [6.45, 7) is 4.86. The van der Waals surface area contributed by atoms with E-state index in [1.807, 2.05) is 6.08 Å². The lowest BCUT2D eigenvalue weighted by atomic mass is 10.0. The van der Waals surface area contributed by atoms with Crippen LogP contribution in [0.5, 0.6) is 0 Å². The van der Waals surface area contributed by atoms with Crippen molar-refractivity contribution in [3.8, 4) is 0 Å². The first kappa shape index (κ1) is 69.1. The van der Waals surface area contributed by atoms with Gasteiger partial charge in [0, 0.05) is 12.8 Å². The highest BCUT2D eigenvalue weighted by Crippen LogP contribution is 2.18. The van der Waals surface area contributed by atoms with Gasteiger partial charge >= 0.3 is 5.97 Å². The van der Waals surface area contributed by atoms with Crippen LogP contribution in [0.2, 0.25) is 0 Å². The molecule has 0 spiro atoms. The minimum absolute atomic E-state index is 0.00434. The molecule has 2 atom stereocenters. The van der Waals surface area contributed by atoms with Crippen LogP contribution in [0.4, 0.5) is 0 Å². The van der Waals surface area contributed by atoms with E-state index >= 15 is 0 Å². The molecule has 3 N–H and O–H groups in total. The van der Waals surface area contributed by atoms with Gasteiger partial charge in [-0.3, -0.25) is 9.59 Å². The van der Waals surface area contributed by atoms with Crippen LogP contribution < -0.4 is 5.32 Å². The third-order valence-electron chi connectivity index (χ3n) is 14.7. The Kier molecular flexibility index (Phi) is 59.0. The third-order valence-corrected chi connectivity index (χ3v) is 14.7. The molecule has 71 heavy (non-hydrogen) atoms. The zero-order valence-corrected chi connectivity index (χ0v) is 47.7. The topological polar surface area (TPSA) is 95.9 Å². The van der Waals surface area contributed by atoms with Crippen LogP contribution in [0.25, 0.3) is 0 Å². The fraction of sp³-hybridized carbons (Fsp3) is 0.877. The molecule has 0 fully saturated rings. The number of hydrogen-bond donors (Lipinski definition) is 3. The van der Waals surface area contributed by atoms with Gasteiger partial charge in [-0.25, -0.2) is 0 Å². The predicted octanol–water partition coefficient (Wildman–Crippen LogP) is 20.0. The fourth-order valence-corrected chi connectivity index (χ4v) is 9.77. The lowest BCUT2D eigenvalue weighted by Gasteiger charge is -2.20. The molecule has 0 aromatic heterocycles. The summed E-state index contributed by atoms with van der Waals surface area (Å²) in [7, 11) is 0. The molecule has 0 saturated heterocycles. The van der Waals surface area contributed by atoms with Crippen molar-refractivity contribution in [3.63, 3.8) is 0 Å². The number of allylic oxidation sites excluding steroid dienone is 5. The van der Waals surface area contributed by atoms with Gasteiger partial charge in [0.15, 0.2) is 0 Å². The molecule has 418 valence electrons. The van der Waals surface area contributed by atoms with Crippen molar-refractivity contribution in [1.82, 2.24) is 5.32 Å². The molecular weight excluding hydrogens is 875 g/mol. The Balaban J connectivity index is 3.33. The normalized spacial score (nSPS) is 12.8. The van der Waals surface area contributed by atoms with Crippen molar-refractivity contribution in [2.24, 2.45) is 0 Å². The Bertz CT molecular complexity index is 1150. The number of aliphatic hydroxyl groups is 2. The second kappa shape index (κ2) is 60.6. The van der Waals surface area contributed by atoms with E-state index in [2.05, 4.69) is 43.5 Å². The van der Waals surface area contributed by atoms with Crippen molar-refractivity contribution in [2.75, 3.05) is 13.2 Å². The standard InChI is InChI=1S/C65H123NO5/c1-3-5-7-9-11-13-15-16-35-39-43-47-51-55-59-65(70)71-60-56-52-48-44-40-36-33-31-29-27-25-23-21-19-17-18-20-22-24-26-28-30-32-34-38-42-46-50-54-58-64(69)66-62(61-67)63(68)57-53-49-45-41-37-14-12-10-8-6-4-2/h9,11,15-16,53,57,62-63,67-68H,3-8,10,12-14,17-52,54-56,58-61H2,1-2H3,(H,66,69)/b11-9-,16-15-,57-53+. The quantitative estimate of drug-likeness (QED) is 0.0321. The van der Waals surface area contributed by atoms with E-state index < -0.39 is 12.1 Å². The summed E-state index contributed by atoms with van der Waals surface area (Å²) < 4.78 is 5.48. The lowest BCUT2D eigenvalue weighted by Crippen LogP contribution is -2.45. The van der Waals surface area contributed by atoms with Gasteiger partial charge in [0.25, 0.3) is 0 Å². The summed E-state index contributed by atoms with van der Waals surface area (Å²) in [6.07, 6.45) is 76.3. The fourth-order valence-electron chi connectivity index (χ4n) is 9.77. The summed E-state index contributed by atoms with van der Waals surface area (Å²) in [5, 5.41) is 23.0. The van der Waals surface area contributed by atoms with Crippen LogP contribution in [0.15, 0.2) is 36.5 Å². The first-order chi connectivity index (χ1) is 35.0. The first-order valence-corrected chi connectivity index (χ1v) is 31.8. The Morgan fingerprint density at radius 1 is 0.394 bits per heavy atom. The molecule has 1 amide bonds. The average Bonchev–Trinajstić information content (AvgIpc) is 3.37. The Morgan fingerprint density at radius 3 is 1.11 bits per heavy atom. The molecule has 0 aromatic rings. The van der Waals surface area contributed by atoms with Crippen molar-refractivity contribution < 1.29 is 24.5 Å². The number of carbonyl (C=O) groups is 2. The predicted molar refractivity (Wildman–Crippen MR) is 310 cm³/mol. The molecule has 6 nitrogen and oxygen atoms in total. The van der Waals surface area contributed by atoms with Gasteiger partial charge in [0.05, 0.1) is 25.4 Å². The van der Waals surface area contributed by atoms with Gasteiger partial charge in [0.1, 0.15) is 0 Å². The van der Waals surface area contributed by atoms with E-state index in [0.29, 0.717) is 19.4 Å². The smallest absolute Gasteiger partial charge is 0.305 e. The van der Waals surface area contributed by atoms with Gasteiger partial charge in [-0.2, -0.15) is 0 Å². The average molecular weight is 999 g/mol. The highest BCUT2D eigenvalue weighted by Gasteiger charge is 2.18. The second-order valence-corrected chi connectivity index (χ2v) is 21.7.